The number of hydrogen-bond donors (Lipinski definition) is 2. The molecule has 144 valence electrons. The molecular formula is C21H32NO4+. The molecule has 0 radical (unpaired) electrons. The van der Waals surface area contributed by atoms with Crippen molar-refractivity contribution in [2.45, 2.75) is 51.2 Å². The lowest BCUT2D eigenvalue weighted by Gasteiger charge is -2.31. The maximum Gasteiger partial charge on any atom is 0.314 e. The van der Waals surface area contributed by atoms with Crippen molar-refractivity contribution in [3.63, 3.8) is 0 Å². The summed E-state index contributed by atoms with van der Waals surface area (Å²) in [6, 6.07) is 8.46. The van der Waals surface area contributed by atoms with Gasteiger partial charge in [-0.1, -0.05) is 24.3 Å². The monoisotopic (exact) mass is 362 g/mol. The molecule has 26 heavy (non-hydrogen) atoms. The number of hydrogen-bond acceptors (Lipinski definition) is 4. The molecule has 1 saturated heterocycles. The van der Waals surface area contributed by atoms with E-state index in [1.165, 1.54) is 16.0 Å². The van der Waals surface area contributed by atoms with Crippen LogP contribution in [0.4, 0.5) is 0 Å². The van der Waals surface area contributed by atoms with Crippen LogP contribution in [0.15, 0.2) is 24.3 Å². The van der Waals surface area contributed by atoms with E-state index in [1.807, 2.05) is 6.92 Å². The van der Waals surface area contributed by atoms with Gasteiger partial charge in [-0.25, -0.2) is 0 Å². The molecule has 1 aliphatic carbocycles. The van der Waals surface area contributed by atoms with Gasteiger partial charge in [-0.15, -0.1) is 0 Å². The maximum absolute atomic E-state index is 12.0. The SMILES string of the molecule is CCOC(=O)[C@H]1CCC[NH+](C[C@H](O)CO[C@@H]2CCCc3ccccc32)C1. The summed E-state index contributed by atoms with van der Waals surface area (Å²) in [5.41, 5.74) is 2.65. The van der Waals surface area contributed by atoms with Crippen molar-refractivity contribution in [2.75, 3.05) is 32.8 Å². The summed E-state index contributed by atoms with van der Waals surface area (Å²) < 4.78 is 11.2. The molecule has 3 rings (SSSR count). The average Bonchev–Trinajstić information content (AvgIpc) is 2.67. The molecule has 1 fully saturated rings. The maximum atomic E-state index is 12.0. The largest absolute Gasteiger partial charge is 0.466 e. The lowest BCUT2D eigenvalue weighted by molar-refractivity contribution is -0.910. The average molecular weight is 362 g/mol. The second-order valence-electron chi connectivity index (χ2n) is 7.57. The Morgan fingerprint density at radius 2 is 2.15 bits per heavy atom. The lowest BCUT2D eigenvalue weighted by atomic mass is 9.89. The normalized spacial score (nSPS) is 26.8. The number of carbonyl (C=O) groups is 1. The van der Waals surface area contributed by atoms with E-state index in [9.17, 15) is 9.90 Å². The molecule has 0 bridgehead atoms. The molecule has 2 N–H and O–H groups in total. The third-order valence-corrected chi connectivity index (χ3v) is 5.57. The number of fused-ring (bicyclic) bond motifs is 1. The molecule has 1 unspecified atom stereocenters. The first-order valence-corrected chi connectivity index (χ1v) is 10.0. The van der Waals surface area contributed by atoms with Gasteiger partial charge in [0.15, 0.2) is 0 Å². The topological polar surface area (TPSA) is 60.2 Å². The summed E-state index contributed by atoms with van der Waals surface area (Å²) in [7, 11) is 0. The van der Waals surface area contributed by atoms with Crippen molar-refractivity contribution in [2.24, 2.45) is 5.92 Å². The van der Waals surface area contributed by atoms with Gasteiger partial charge in [0.2, 0.25) is 0 Å². The zero-order valence-corrected chi connectivity index (χ0v) is 15.8. The number of quaternary nitrogens is 1. The Bertz CT molecular complexity index is 591. The summed E-state index contributed by atoms with van der Waals surface area (Å²) in [5.74, 6) is -0.119. The highest BCUT2D eigenvalue weighted by Gasteiger charge is 2.31. The summed E-state index contributed by atoms with van der Waals surface area (Å²) in [4.78, 5) is 13.2. The van der Waals surface area contributed by atoms with Crippen LogP contribution in [0.3, 0.4) is 0 Å². The number of likely N-dealkylation sites (tertiary alicyclic amines) is 1. The van der Waals surface area contributed by atoms with E-state index >= 15 is 0 Å². The summed E-state index contributed by atoms with van der Waals surface area (Å²) in [5, 5.41) is 10.4. The molecule has 1 aromatic rings. The number of nitrogens with one attached hydrogen (secondary N) is 1. The van der Waals surface area contributed by atoms with Crippen LogP contribution < -0.4 is 4.90 Å². The predicted octanol–water partition coefficient (Wildman–Crippen LogP) is 1.30. The van der Waals surface area contributed by atoms with Crippen LogP contribution in [-0.4, -0.2) is 50.0 Å². The van der Waals surface area contributed by atoms with Crippen LogP contribution in [0.25, 0.3) is 0 Å². The van der Waals surface area contributed by atoms with Gasteiger partial charge >= 0.3 is 5.97 Å². The summed E-state index contributed by atoms with van der Waals surface area (Å²) >= 11 is 0. The quantitative estimate of drug-likeness (QED) is 0.718. The smallest absolute Gasteiger partial charge is 0.314 e. The van der Waals surface area contributed by atoms with Crippen molar-refractivity contribution in [3.8, 4) is 0 Å². The van der Waals surface area contributed by atoms with E-state index in [-0.39, 0.29) is 18.0 Å². The predicted molar refractivity (Wildman–Crippen MR) is 99.0 cm³/mol. The fraction of sp³-hybridized carbons (Fsp3) is 0.667. The molecular weight excluding hydrogens is 330 g/mol. The van der Waals surface area contributed by atoms with E-state index in [4.69, 9.17) is 9.47 Å². The first-order chi connectivity index (χ1) is 12.7. The van der Waals surface area contributed by atoms with Crippen LogP contribution in [0.5, 0.6) is 0 Å². The second-order valence-corrected chi connectivity index (χ2v) is 7.57. The van der Waals surface area contributed by atoms with Crippen molar-refractivity contribution in [1.82, 2.24) is 0 Å². The molecule has 1 aliphatic heterocycles. The molecule has 2 aliphatic rings. The number of carbonyl (C=O) groups excluding carboxylic acids is 1. The Hall–Kier alpha value is -1.43. The Morgan fingerprint density at radius 3 is 3.00 bits per heavy atom. The number of rotatable bonds is 7. The van der Waals surface area contributed by atoms with Crippen molar-refractivity contribution < 1.29 is 24.3 Å². The molecule has 0 saturated carbocycles. The summed E-state index contributed by atoms with van der Waals surface area (Å²) in [6.07, 6.45) is 4.77. The molecule has 0 amide bonds. The van der Waals surface area contributed by atoms with E-state index in [0.717, 1.165) is 45.2 Å². The number of esters is 1. The number of benzene rings is 1. The molecule has 5 nitrogen and oxygen atoms in total. The lowest BCUT2D eigenvalue weighted by Crippen LogP contribution is -3.14. The highest BCUT2D eigenvalue weighted by molar-refractivity contribution is 5.72. The highest BCUT2D eigenvalue weighted by atomic mass is 16.5. The van der Waals surface area contributed by atoms with Gasteiger partial charge in [0.25, 0.3) is 0 Å². The van der Waals surface area contributed by atoms with Gasteiger partial charge in [0.1, 0.15) is 18.6 Å². The summed E-state index contributed by atoms with van der Waals surface area (Å²) in [6.45, 7) is 5.01. The Labute approximate surface area is 156 Å². The number of ether oxygens (including phenoxy) is 2. The minimum absolute atomic E-state index is 0.0305. The third kappa shape index (κ3) is 5.06. The van der Waals surface area contributed by atoms with Gasteiger partial charge in [-0.05, 0) is 50.2 Å². The van der Waals surface area contributed by atoms with Gasteiger partial charge < -0.3 is 19.5 Å². The molecule has 5 heteroatoms. The van der Waals surface area contributed by atoms with E-state index in [2.05, 4.69) is 24.3 Å². The van der Waals surface area contributed by atoms with Crippen LogP contribution in [-0.2, 0) is 20.7 Å². The van der Waals surface area contributed by atoms with Crippen LogP contribution >= 0.6 is 0 Å². The van der Waals surface area contributed by atoms with Crippen molar-refractivity contribution in [3.05, 3.63) is 35.4 Å². The number of aliphatic hydroxyl groups excluding tert-OH is 1. The van der Waals surface area contributed by atoms with Gasteiger partial charge in [0, 0.05) is 0 Å². The van der Waals surface area contributed by atoms with Crippen molar-refractivity contribution >= 4 is 5.97 Å². The van der Waals surface area contributed by atoms with Crippen LogP contribution in [0, 0.1) is 5.92 Å². The fourth-order valence-corrected chi connectivity index (χ4v) is 4.30. The van der Waals surface area contributed by atoms with E-state index < -0.39 is 6.10 Å². The zero-order chi connectivity index (χ0) is 18.4. The molecule has 0 spiro atoms. The van der Waals surface area contributed by atoms with Gasteiger partial charge in [0.05, 0.1) is 32.4 Å². The van der Waals surface area contributed by atoms with E-state index in [0.29, 0.717) is 19.8 Å². The number of aliphatic hydroxyl groups is 1. The van der Waals surface area contributed by atoms with Crippen LogP contribution in [0.1, 0.15) is 49.8 Å². The van der Waals surface area contributed by atoms with Crippen molar-refractivity contribution in [1.29, 1.82) is 0 Å². The second kappa shape index (κ2) is 9.49. The molecule has 0 aromatic heterocycles. The Kier molecular flexibility index (Phi) is 7.06. The molecule has 4 atom stereocenters. The minimum Gasteiger partial charge on any atom is -0.466 e. The van der Waals surface area contributed by atoms with Crippen LogP contribution in [0.2, 0.25) is 0 Å². The Balaban J connectivity index is 1.46. The number of piperidine rings is 1. The minimum atomic E-state index is -0.500. The number of aryl methyl sites for hydroxylation is 1. The van der Waals surface area contributed by atoms with Gasteiger partial charge in [-0.2, -0.15) is 0 Å². The highest BCUT2D eigenvalue weighted by Crippen LogP contribution is 2.32. The Morgan fingerprint density at radius 1 is 1.31 bits per heavy atom. The van der Waals surface area contributed by atoms with Gasteiger partial charge in [-0.3, -0.25) is 4.79 Å². The first-order valence-electron chi connectivity index (χ1n) is 10.0. The molecule has 1 heterocycles. The molecule has 1 aromatic carbocycles. The fourth-order valence-electron chi connectivity index (χ4n) is 4.30. The standard InChI is InChI=1S/C21H31NO4/c1-2-25-21(24)17-9-6-12-22(13-17)14-18(23)15-26-20-11-5-8-16-7-3-4-10-19(16)20/h3-4,7,10,17-18,20,23H,2,5-6,8-9,11-15H2,1H3/p+1/t17-,18-,20+/m0/s1. The van der Waals surface area contributed by atoms with E-state index in [1.54, 1.807) is 0 Å². The zero-order valence-electron chi connectivity index (χ0n) is 15.8. The third-order valence-electron chi connectivity index (χ3n) is 5.57. The first kappa shape index (κ1) is 19.3.